The Hall–Kier alpha value is -2.36. The summed E-state index contributed by atoms with van der Waals surface area (Å²) < 4.78 is 71.3. The highest BCUT2D eigenvalue weighted by Crippen LogP contribution is 2.40. The van der Waals surface area contributed by atoms with Crippen molar-refractivity contribution < 1.29 is 27.1 Å². The molecule has 3 aromatic rings. The number of nitrogens with one attached hydrogen (secondary N) is 1. The number of alkyl halides is 5. The Morgan fingerprint density at radius 1 is 1.22 bits per heavy atom. The van der Waals surface area contributed by atoms with Gasteiger partial charge in [0.05, 0.1) is 16.0 Å². The third kappa shape index (κ3) is 5.79. The number of piperidine rings is 1. The van der Waals surface area contributed by atoms with Crippen molar-refractivity contribution in [3.8, 4) is 10.7 Å². The SMILES string of the molecule is CC1CN(Sc2cnn(C)c2)CCC1Nc1ncc(C(F)(F)F)c(-c2ncc(C(C)(O)C(F)F)s2)n1. The van der Waals surface area contributed by atoms with Crippen molar-refractivity contribution in [3.63, 3.8) is 0 Å². The van der Waals surface area contributed by atoms with E-state index in [4.69, 9.17) is 0 Å². The summed E-state index contributed by atoms with van der Waals surface area (Å²) in [5, 5.41) is 17.1. The third-order valence-corrected chi connectivity index (χ3v) is 8.07. The molecule has 0 aliphatic carbocycles. The molecule has 0 aromatic carbocycles. The lowest BCUT2D eigenvalue weighted by atomic mass is 9.95. The Bertz CT molecular complexity index is 1200. The fourth-order valence-electron chi connectivity index (χ4n) is 3.71. The predicted octanol–water partition coefficient (Wildman–Crippen LogP) is 4.65. The maximum atomic E-state index is 13.7. The smallest absolute Gasteiger partial charge is 0.379 e. The van der Waals surface area contributed by atoms with Crippen LogP contribution in [0.15, 0.2) is 29.7 Å². The summed E-state index contributed by atoms with van der Waals surface area (Å²) >= 11 is 2.13. The van der Waals surface area contributed by atoms with Gasteiger partial charge in [-0.05, 0) is 31.2 Å². The minimum Gasteiger partial charge on any atom is -0.379 e. The maximum Gasteiger partial charge on any atom is 0.420 e. The van der Waals surface area contributed by atoms with Crippen LogP contribution in [0.3, 0.4) is 0 Å². The molecular weight excluding hydrogens is 525 g/mol. The van der Waals surface area contributed by atoms with Crippen LogP contribution < -0.4 is 5.32 Å². The van der Waals surface area contributed by atoms with Crippen molar-refractivity contribution in [1.29, 1.82) is 0 Å². The van der Waals surface area contributed by atoms with Crippen LogP contribution in [0.1, 0.15) is 30.7 Å². The van der Waals surface area contributed by atoms with Crippen LogP contribution in [0.2, 0.25) is 0 Å². The fraction of sp³-hybridized carbons (Fsp3) is 0.524. The van der Waals surface area contributed by atoms with Crippen LogP contribution in [-0.4, -0.2) is 59.7 Å². The average Bonchev–Trinajstić information content (AvgIpc) is 3.44. The molecule has 0 radical (unpaired) electrons. The molecule has 1 aliphatic rings. The molecule has 4 heterocycles. The van der Waals surface area contributed by atoms with Gasteiger partial charge >= 0.3 is 6.18 Å². The van der Waals surface area contributed by atoms with E-state index in [1.165, 1.54) is 0 Å². The van der Waals surface area contributed by atoms with Gasteiger partial charge in [0.1, 0.15) is 16.3 Å². The summed E-state index contributed by atoms with van der Waals surface area (Å²) in [6, 6.07) is -0.0910. The monoisotopic (exact) mass is 549 g/mol. The number of halogens is 5. The van der Waals surface area contributed by atoms with Crippen LogP contribution in [0.5, 0.6) is 0 Å². The molecule has 1 aliphatic heterocycles. The van der Waals surface area contributed by atoms with Crippen molar-refractivity contribution in [2.45, 2.75) is 49.4 Å². The Labute approximate surface area is 212 Å². The zero-order valence-electron chi connectivity index (χ0n) is 19.5. The minimum absolute atomic E-state index is 0.0133. The second-order valence-electron chi connectivity index (χ2n) is 8.78. The number of aliphatic hydroxyl groups is 1. The molecule has 3 unspecified atom stereocenters. The average molecular weight is 550 g/mol. The molecule has 4 rings (SSSR count). The number of hydrogen-bond acceptors (Lipinski definition) is 9. The first-order chi connectivity index (χ1) is 16.8. The molecule has 0 spiro atoms. The number of aryl methyl sites for hydroxylation is 1. The van der Waals surface area contributed by atoms with Gasteiger partial charge in [-0.2, -0.15) is 18.3 Å². The molecule has 1 fully saturated rings. The molecule has 0 amide bonds. The highest BCUT2D eigenvalue weighted by Gasteiger charge is 2.39. The summed E-state index contributed by atoms with van der Waals surface area (Å²) in [6.07, 6.45) is -1.92. The zero-order valence-corrected chi connectivity index (χ0v) is 21.1. The summed E-state index contributed by atoms with van der Waals surface area (Å²) in [6.45, 7) is 4.36. The standard InChI is InChI=1S/C21H24F5N7OS2/c1-11-9-33(36-12-6-29-32(3)10-12)5-4-14(11)30-19-28-7-13(21(24,25)26)16(31-19)17-27-8-15(35-17)20(2,34)18(22)23/h6-8,10-11,14,18,34H,4-5,9H2,1-3H3,(H,28,30,31). The van der Waals surface area contributed by atoms with Gasteiger partial charge in [-0.25, -0.2) is 28.0 Å². The second kappa shape index (κ2) is 10.2. The van der Waals surface area contributed by atoms with Crippen LogP contribution in [0, 0.1) is 5.92 Å². The molecule has 0 bridgehead atoms. The highest BCUT2D eigenvalue weighted by atomic mass is 32.2. The second-order valence-corrected chi connectivity index (χ2v) is 11.0. The number of nitrogens with zero attached hydrogens (tertiary/aromatic N) is 6. The van der Waals surface area contributed by atoms with E-state index in [2.05, 4.69) is 29.7 Å². The quantitative estimate of drug-likeness (QED) is 0.325. The highest BCUT2D eigenvalue weighted by molar-refractivity contribution is 7.97. The Kier molecular flexibility index (Phi) is 7.55. The van der Waals surface area contributed by atoms with E-state index in [-0.39, 0.29) is 27.8 Å². The van der Waals surface area contributed by atoms with Crippen molar-refractivity contribution in [2.75, 3.05) is 18.4 Å². The lowest BCUT2D eigenvalue weighted by Crippen LogP contribution is -2.42. The van der Waals surface area contributed by atoms with Crippen molar-refractivity contribution in [2.24, 2.45) is 13.0 Å². The van der Waals surface area contributed by atoms with Gasteiger partial charge in [0.15, 0.2) is 5.60 Å². The maximum absolute atomic E-state index is 13.7. The summed E-state index contributed by atoms with van der Waals surface area (Å²) in [5.74, 6) is 0.116. The van der Waals surface area contributed by atoms with Crippen LogP contribution in [-0.2, 0) is 18.8 Å². The normalized spacial score (nSPS) is 21.1. The van der Waals surface area contributed by atoms with E-state index in [0.717, 1.165) is 31.1 Å². The number of aromatic nitrogens is 5. The Morgan fingerprint density at radius 3 is 2.58 bits per heavy atom. The Morgan fingerprint density at radius 2 is 1.97 bits per heavy atom. The first-order valence-corrected chi connectivity index (χ1v) is 12.5. The van der Waals surface area contributed by atoms with E-state index in [1.807, 2.05) is 20.2 Å². The molecule has 36 heavy (non-hydrogen) atoms. The first kappa shape index (κ1) is 26.7. The molecule has 8 nitrogen and oxygen atoms in total. The molecule has 2 N–H and O–H groups in total. The van der Waals surface area contributed by atoms with E-state index < -0.39 is 29.5 Å². The van der Waals surface area contributed by atoms with Crippen LogP contribution in [0.4, 0.5) is 27.9 Å². The van der Waals surface area contributed by atoms with Gasteiger partial charge in [0, 0.05) is 44.8 Å². The number of rotatable bonds is 7. The topological polar surface area (TPSA) is 92.0 Å². The van der Waals surface area contributed by atoms with Gasteiger partial charge in [-0.15, -0.1) is 11.3 Å². The van der Waals surface area contributed by atoms with E-state index in [0.29, 0.717) is 24.0 Å². The number of thiazole rings is 1. The van der Waals surface area contributed by atoms with E-state index in [9.17, 15) is 27.1 Å². The minimum atomic E-state index is -4.78. The summed E-state index contributed by atoms with van der Waals surface area (Å²) in [4.78, 5) is 12.5. The first-order valence-electron chi connectivity index (χ1n) is 10.9. The molecule has 15 heteroatoms. The predicted molar refractivity (Wildman–Crippen MR) is 126 cm³/mol. The van der Waals surface area contributed by atoms with Crippen molar-refractivity contribution >= 4 is 29.2 Å². The van der Waals surface area contributed by atoms with E-state index in [1.54, 1.807) is 22.8 Å². The largest absolute Gasteiger partial charge is 0.420 e. The fourth-order valence-corrected chi connectivity index (χ4v) is 5.78. The van der Waals surface area contributed by atoms with Gasteiger partial charge in [-0.3, -0.25) is 4.68 Å². The lowest BCUT2D eigenvalue weighted by Gasteiger charge is -2.36. The molecule has 1 saturated heterocycles. The van der Waals surface area contributed by atoms with Crippen molar-refractivity contribution in [3.05, 3.63) is 35.2 Å². The van der Waals surface area contributed by atoms with Crippen LogP contribution in [0.25, 0.3) is 10.7 Å². The van der Waals surface area contributed by atoms with E-state index >= 15 is 0 Å². The summed E-state index contributed by atoms with van der Waals surface area (Å²) in [5.41, 5.74) is -4.21. The Balaban J connectivity index is 1.53. The van der Waals surface area contributed by atoms with Gasteiger partial charge in [0.2, 0.25) is 5.95 Å². The number of anilines is 1. The number of hydrogen-bond donors (Lipinski definition) is 2. The molecule has 3 atom stereocenters. The van der Waals surface area contributed by atoms with Gasteiger partial charge < -0.3 is 10.4 Å². The lowest BCUT2D eigenvalue weighted by molar-refractivity contribution is -0.137. The van der Waals surface area contributed by atoms with Crippen molar-refractivity contribution in [1.82, 2.24) is 29.0 Å². The zero-order chi connectivity index (χ0) is 26.3. The molecule has 3 aromatic heterocycles. The van der Waals surface area contributed by atoms with Gasteiger partial charge in [0.25, 0.3) is 6.43 Å². The molecule has 196 valence electrons. The van der Waals surface area contributed by atoms with Gasteiger partial charge in [-0.1, -0.05) is 6.92 Å². The third-order valence-electron chi connectivity index (χ3n) is 5.82. The van der Waals surface area contributed by atoms with Crippen LogP contribution >= 0.6 is 23.3 Å². The molecule has 0 saturated carbocycles. The molecular formula is C21H24F5N7OS2. The summed E-state index contributed by atoms with van der Waals surface area (Å²) in [7, 11) is 1.84.